The number of nitrogens with two attached hydrogens (primary N) is 1. The maximum absolute atomic E-state index is 13.3. The van der Waals surface area contributed by atoms with Gasteiger partial charge in [-0.1, -0.05) is 18.2 Å². The molecule has 37 heavy (non-hydrogen) atoms. The molecule has 1 fully saturated rings. The molecule has 1 saturated heterocycles. The molecule has 3 heterocycles. The summed E-state index contributed by atoms with van der Waals surface area (Å²) in [6.45, 7) is 1.96. The minimum Gasteiger partial charge on any atom is -0.480 e. The van der Waals surface area contributed by atoms with Crippen molar-refractivity contribution in [3.05, 3.63) is 54.2 Å². The van der Waals surface area contributed by atoms with Crippen LogP contribution in [-0.2, 0) is 32.0 Å². The first kappa shape index (κ1) is 25.9. The van der Waals surface area contributed by atoms with Crippen molar-refractivity contribution >= 4 is 34.6 Å². The number of imidazole rings is 1. The van der Waals surface area contributed by atoms with Crippen molar-refractivity contribution in [1.82, 2.24) is 30.5 Å². The number of carbonyl (C=O) groups is 4. The number of carbonyl (C=O) groups excluding carboxylic acids is 3. The molecule has 0 saturated carbocycles. The summed E-state index contributed by atoms with van der Waals surface area (Å²) in [4.78, 5) is 62.4. The summed E-state index contributed by atoms with van der Waals surface area (Å²) in [5.41, 5.74) is 7.92. The third-order valence-corrected chi connectivity index (χ3v) is 6.55. The van der Waals surface area contributed by atoms with Crippen molar-refractivity contribution in [3.8, 4) is 0 Å². The van der Waals surface area contributed by atoms with Gasteiger partial charge in [-0.2, -0.15) is 0 Å². The van der Waals surface area contributed by atoms with E-state index in [0.29, 0.717) is 25.1 Å². The summed E-state index contributed by atoms with van der Waals surface area (Å²) in [6.07, 6.45) is 5.89. The van der Waals surface area contributed by atoms with Crippen molar-refractivity contribution in [2.45, 2.75) is 56.8 Å². The third-order valence-electron chi connectivity index (χ3n) is 6.55. The van der Waals surface area contributed by atoms with E-state index in [1.807, 2.05) is 24.3 Å². The van der Waals surface area contributed by atoms with Crippen molar-refractivity contribution in [3.63, 3.8) is 0 Å². The van der Waals surface area contributed by atoms with Gasteiger partial charge in [0.25, 0.3) is 0 Å². The highest BCUT2D eigenvalue weighted by Gasteiger charge is 2.37. The van der Waals surface area contributed by atoms with E-state index in [1.165, 1.54) is 17.4 Å². The van der Waals surface area contributed by atoms with Crippen molar-refractivity contribution in [2.75, 3.05) is 6.54 Å². The van der Waals surface area contributed by atoms with Gasteiger partial charge in [0.15, 0.2) is 0 Å². The fraction of sp³-hybridized carbons (Fsp3) is 0.400. The summed E-state index contributed by atoms with van der Waals surface area (Å²) < 4.78 is 0. The largest absolute Gasteiger partial charge is 0.480 e. The average molecular weight is 510 g/mol. The molecule has 12 nitrogen and oxygen atoms in total. The zero-order valence-electron chi connectivity index (χ0n) is 20.4. The van der Waals surface area contributed by atoms with Crippen LogP contribution < -0.4 is 16.4 Å². The van der Waals surface area contributed by atoms with Gasteiger partial charge >= 0.3 is 5.97 Å². The van der Waals surface area contributed by atoms with Crippen LogP contribution in [0.1, 0.15) is 31.0 Å². The van der Waals surface area contributed by atoms with Crippen molar-refractivity contribution in [2.24, 2.45) is 5.73 Å². The second kappa shape index (κ2) is 11.2. The Kier molecular flexibility index (Phi) is 7.87. The molecule has 196 valence electrons. The first-order chi connectivity index (χ1) is 17.7. The van der Waals surface area contributed by atoms with Gasteiger partial charge < -0.3 is 36.3 Å². The SMILES string of the molecule is CC(N)C(=O)N1CCCC1C(=O)NC(Cc1cnc[nH]1)C(=O)NC(Cc1c[nH]c2ccccc12)C(=O)O. The summed E-state index contributed by atoms with van der Waals surface area (Å²) >= 11 is 0. The average Bonchev–Trinajstić information content (AvgIpc) is 3.64. The van der Waals surface area contributed by atoms with Crippen LogP contribution in [0.25, 0.3) is 10.9 Å². The molecule has 3 amide bonds. The topological polar surface area (TPSA) is 186 Å². The molecule has 12 heteroatoms. The van der Waals surface area contributed by atoms with Gasteiger partial charge in [-0.05, 0) is 31.4 Å². The molecule has 4 rings (SSSR count). The lowest BCUT2D eigenvalue weighted by Gasteiger charge is -2.28. The number of hydrogen-bond acceptors (Lipinski definition) is 6. The Morgan fingerprint density at radius 2 is 1.95 bits per heavy atom. The highest BCUT2D eigenvalue weighted by Crippen LogP contribution is 2.20. The number of para-hydroxylation sites is 1. The lowest BCUT2D eigenvalue weighted by atomic mass is 10.0. The molecule has 0 radical (unpaired) electrons. The number of fused-ring (bicyclic) bond motifs is 1. The third kappa shape index (κ3) is 5.97. The van der Waals surface area contributed by atoms with Crippen LogP contribution in [0.3, 0.4) is 0 Å². The van der Waals surface area contributed by atoms with Crippen LogP contribution >= 0.6 is 0 Å². The van der Waals surface area contributed by atoms with E-state index < -0.39 is 42.0 Å². The molecule has 0 bridgehead atoms. The molecule has 2 aromatic heterocycles. The molecule has 3 aromatic rings. The van der Waals surface area contributed by atoms with Crippen molar-refractivity contribution < 1.29 is 24.3 Å². The van der Waals surface area contributed by atoms with Crippen LogP contribution in [0.15, 0.2) is 43.0 Å². The Hall–Kier alpha value is -4.19. The van der Waals surface area contributed by atoms with Gasteiger partial charge in [0.2, 0.25) is 17.7 Å². The number of aromatic amines is 2. The zero-order chi connectivity index (χ0) is 26.5. The van der Waals surface area contributed by atoms with Crippen molar-refractivity contribution in [1.29, 1.82) is 0 Å². The Balaban J connectivity index is 1.50. The molecular weight excluding hydrogens is 478 g/mol. The lowest BCUT2D eigenvalue weighted by Crippen LogP contribution is -2.57. The summed E-state index contributed by atoms with van der Waals surface area (Å²) in [5, 5.41) is 16.0. The van der Waals surface area contributed by atoms with Gasteiger partial charge in [-0.3, -0.25) is 14.4 Å². The van der Waals surface area contributed by atoms with Gasteiger partial charge in [-0.25, -0.2) is 9.78 Å². The first-order valence-electron chi connectivity index (χ1n) is 12.2. The normalized spacial score (nSPS) is 17.8. The molecule has 1 aliphatic heterocycles. The number of hydrogen-bond donors (Lipinski definition) is 6. The number of aliphatic carboxylic acids is 1. The second-order valence-electron chi connectivity index (χ2n) is 9.28. The number of likely N-dealkylation sites (tertiary alicyclic amines) is 1. The van der Waals surface area contributed by atoms with E-state index >= 15 is 0 Å². The van der Waals surface area contributed by atoms with Gasteiger partial charge in [-0.15, -0.1) is 0 Å². The van der Waals surface area contributed by atoms with Crippen LogP contribution in [-0.4, -0.2) is 79.4 Å². The van der Waals surface area contributed by atoms with E-state index in [4.69, 9.17) is 5.73 Å². The number of rotatable bonds is 10. The van der Waals surface area contributed by atoms with Gasteiger partial charge in [0.1, 0.15) is 18.1 Å². The summed E-state index contributed by atoms with van der Waals surface area (Å²) in [5.74, 6) is -2.68. The quantitative estimate of drug-likeness (QED) is 0.223. The smallest absolute Gasteiger partial charge is 0.326 e. The van der Waals surface area contributed by atoms with E-state index in [1.54, 1.807) is 13.1 Å². The monoisotopic (exact) mass is 509 g/mol. The minimum atomic E-state index is -1.23. The Morgan fingerprint density at radius 1 is 1.16 bits per heavy atom. The van der Waals surface area contributed by atoms with Crippen LogP contribution in [0, 0.1) is 0 Å². The van der Waals surface area contributed by atoms with Crippen LogP contribution in [0.4, 0.5) is 0 Å². The van der Waals surface area contributed by atoms with E-state index in [-0.39, 0.29) is 18.7 Å². The number of nitrogens with one attached hydrogen (secondary N) is 4. The molecule has 0 aliphatic carbocycles. The van der Waals surface area contributed by atoms with Gasteiger partial charge in [0.05, 0.1) is 12.4 Å². The Bertz CT molecular complexity index is 1270. The number of nitrogens with zero attached hydrogens (tertiary/aromatic N) is 2. The number of carboxylic acids is 1. The van der Waals surface area contributed by atoms with Crippen LogP contribution in [0.2, 0.25) is 0 Å². The Morgan fingerprint density at radius 3 is 2.65 bits per heavy atom. The van der Waals surface area contributed by atoms with Gasteiger partial charge in [0, 0.05) is 48.4 Å². The predicted molar refractivity (Wildman–Crippen MR) is 134 cm³/mol. The Labute approximate surface area is 213 Å². The van der Waals surface area contributed by atoms with Crippen LogP contribution in [0.5, 0.6) is 0 Å². The molecule has 4 unspecified atom stereocenters. The van der Waals surface area contributed by atoms with E-state index in [0.717, 1.165) is 16.5 Å². The molecule has 0 spiro atoms. The highest BCUT2D eigenvalue weighted by molar-refractivity contribution is 5.94. The molecule has 1 aromatic carbocycles. The fourth-order valence-electron chi connectivity index (χ4n) is 4.65. The second-order valence-corrected chi connectivity index (χ2v) is 9.28. The standard InChI is InChI=1S/C25H31N7O5/c1-14(26)24(35)32-8-4-7-21(32)23(34)30-19(10-16-12-27-13-29-16)22(33)31-20(25(36)37)9-15-11-28-18-6-3-2-5-17(15)18/h2-3,5-6,11-14,19-21,28H,4,7-10,26H2,1H3,(H,27,29)(H,30,34)(H,31,33)(H,36,37). The number of benzene rings is 1. The number of amides is 3. The molecule has 1 aliphatic rings. The van der Waals surface area contributed by atoms with E-state index in [2.05, 4.69) is 25.6 Å². The zero-order valence-corrected chi connectivity index (χ0v) is 20.4. The summed E-state index contributed by atoms with van der Waals surface area (Å²) in [7, 11) is 0. The highest BCUT2D eigenvalue weighted by atomic mass is 16.4. The number of aromatic nitrogens is 3. The fourth-order valence-corrected chi connectivity index (χ4v) is 4.65. The number of H-pyrrole nitrogens is 2. The maximum atomic E-state index is 13.3. The minimum absolute atomic E-state index is 0.0507. The maximum Gasteiger partial charge on any atom is 0.326 e. The number of carboxylic acid groups (broad SMARTS) is 1. The molecule has 7 N–H and O–H groups in total. The summed E-state index contributed by atoms with van der Waals surface area (Å²) in [6, 6.07) is 3.66. The lowest BCUT2D eigenvalue weighted by molar-refractivity contribution is -0.143. The van der Waals surface area contributed by atoms with E-state index in [9.17, 15) is 24.3 Å². The first-order valence-corrected chi connectivity index (χ1v) is 12.2. The predicted octanol–water partition coefficient (Wildman–Crippen LogP) is 0.0686. The molecular formula is C25H31N7O5. The molecule has 4 atom stereocenters.